The van der Waals surface area contributed by atoms with Gasteiger partial charge in [-0.25, -0.2) is 8.51 Å². The third-order valence-electron chi connectivity index (χ3n) is 3.73. The normalized spacial score (nSPS) is 12.1. The van der Waals surface area contributed by atoms with Gasteiger partial charge in [-0.3, -0.25) is 4.55 Å². The number of para-hydroxylation sites is 1. The highest BCUT2D eigenvalue weighted by molar-refractivity contribution is 7.81. The van der Waals surface area contributed by atoms with Crippen molar-refractivity contribution in [3.05, 3.63) is 71.1 Å². The van der Waals surface area contributed by atoms with Crippen LogP contribution in [0.1, 0.15) is 11.1 Å². The summed E-state index contributed by atoms with van der Waals surface area (Å²) in [5, 5.41) is 11.0. The fourth-order valence-corrected chi connectivity index (χ4v) is 4.07. The Morgan fingerprint density at radius 2 is 1.83 bits per heavy atom. The standard InChI is InChI=1S/C18H17NO3S2/c1-13-4-2-3-5-17(13)19(24(21)22)16-10-18(23-12-16)15-8-6-14(11-20)7-9-15/h2-10,12,20H,11H2,1H3,(H,21,22). The van der Waals surface area contributed by atoms with Crippen LogP contribution in [0.5, 0.6) is 0 Å². The van der Waals surface area contributed by atoms with E-state index in [2.05, 4.69) is 0 Å². The number of rotatable bonds is 5. The maximum absolute atomic E-state index is 11.9. The van der Waals surface area contributed by atoms with Crippen LogP contribution in [0.25, 0.3) is 10.4 Å². The number of hydrogen-bond acceptors (Lipinski definition) is 3. The van der Waals surface area contributed by atoms with Crippen LogP contribution in [0.3, 0.4) is 0 Å². The Kier molecular flexibility index (Phi) is 5.11. The van der Waals surface area contributed by atoms with Gasteiger partial charge in [0.25, 0.3) is 11.3 Å². The van der Waals surface area contributed by atoms with Gasteiger partial charge in [-0.1, -0.05) is 42.5 Å². The first-order valence-electron chi connectivity index (χ1n) is 7.35. The molecule has 0 aliphatic rings. The Labute approximate surface area is 147 Å². The average Bonchev–Trinajstić information content (AvgIpc) is 3.06. The van der Waals surface area contributed by atoms with Crippen LogP contribution < -0.4 is 4.31 Å². The minimum Gasteiger partial charge on any atom is -0.392 e. The van der Waals surface area contributed by atoms with Gasteiger partial charge in [0.05, 0.1) is 18.0 Å². The molecule has 3 rings (SSSR count). The molecule has 0 fully saturated rings. The highest BCUT2D eigenvalue weighted by atomic mass is 32.2. The molecule has 0 spiro atoms. The summed E-state index contributed by atoms with van der Waals surface area (Å²) in [5.74, 6) is 0. The summed E-state index contributed by atoms with van der Waals surface area (Å²) < 4.78 is 23.1. The van der Waals surface area contributed by atoms with Gasteiger partial charge < -0.3 is 5.11 Å². The van der Waals surface area contributed by atoms with Gasteiger partial charge in [0.15, 0.2) is 0 Å². The van der Waals surface area contributed by atoms with Crippen molar-refractivity contribution in [1.82, 2.24) is 0 Å². The maximum atomic E-state index is 11.9. The highest BCUT2D eigenvalue weighted by Crippen LogP contribution is 2.36. The van der Waals surface area contributed by atoms with E-state index in [4.69, 9.17) is 5.11 Å². The summed E-state index contributed by atoms with van der Waals surface area (Å²) in [6.45, 7) is 1.93. The highest BCUT2D eigenvalue weighted by Gasteiger charge is 2.18. The zero-order valence-corrected chi connectivity index (χ0v) is 14.7. The van der Waals surface area contributed by atoms with Gasteiger partial charge in [0.1, 0.15) is 0 Å². The number of nitrogens with zero attached hydrogens (tertiary/aromatic N) is 1. The molecule has 124 valence electrons. The molecule has 1 heterocycles. The Balaban J connectivity index is 1.97. The monoisotopic (exact) mass is 359 g/mol. The van der Waals surface area contributed by atoms with Crippen molar-refractivity contribution in [3.8, 4) is 10.4 Å². The summed E-state index contributed by atoms with van der Waals surface area (Å²) >= 11 is -0.644. The quantitative estimate of drug-likeness (QED) is 0.660. The fraction of sp³-hybridized carbons (Fsp3) is 0.111. The van der Waals surface area contributed by atoms with Gasteiger partial charge in [-0.05, 0) is 35.7 Å². The second-order valence-corrected chi connectivity index (χ2v) is 7.07. The topological polar surface area (TPSA) is 60.8 Å². The minimum atomic E-state index is -2.16. The van der Waals surface area contributed by atoms with E-state index in [0.717, 1.165) is 21.6 Å². The molecule has 0 bridgehead atoms. The summed E-state index contributed by atoms with van der Waals surface area (Å²) in [5.41, 5.74) is 4.18. The van der Waals surface area contributed by atoms with Crippen molar-refractivity contribution < 1.29 is 13.9 Å². The predicted molar refractivity (Wildman–Crippen MR) is 99.8 cm³/mol. The summed E-state index contributed by atoms with van der Waals surface area (Å²) in [7, 11) is 0. The van der Waals surface area contributed by atoms with Gasteiger partial charge in [-0.2, -0.15) is 0 Å². The second-order valence-electron chi connectivity index (χ2n) is 5.34. The van der Waals surface area contributed by atoms with Crippen LogP contribution in [0.15, 0.2) is 60.0 Å². The number of aryl methyl sites for hydroxylation is 1. The first kappa shape index (κ1) is 16.9. The van der Waals surface area contributed by atoms with Crippen molar-refractivity contribution in [1.29, 1.82) is 0 Å². The van der Waals surface area contributed by atoms with Crippen LogP contribution in [0, 0.1) is 6.92 Å². The average molecular weight is 359 g/mol. The molecule has 1 aromatic heterocycles. The lowest BCUT2D eigenvalue weighted by Gasteiger charge is -2.20. The lowest BCUT2D eigenvalue weighted by molar-refractivity contribution is 0.282. The van der Waals surface area contributed by atoms with Gasteiger partial charge >= 0.3 is 0 Å². The van der Waals surface area contributed by atoms with E-state index in [0.29, 0.717) is 11.4 Å². The molecular weight excluding hydrogens is 342 g/mol. The zero-order valence-electron chi connectivity index (χ0n) is 13.0. The molecule has 0 amide bonds. The molecule has 1 unspecified atom stereocenters. The number of anilines is 2. The Morgan fingerprint density at radius 1 is 1.12 bits per heavy atom. The Morgan fingerprint density at radius 3 is 2.46 bits per heavy atom. The summed E-state index contributed by atoms with van der Waals surface area (Å²) in [6, 6.07) is 17.0. The molecule has 0 aliphatic heterocycles. The largest absolute Gasteiger partial charge is 0.392 e. The van der Waals surface area contributed by atoms with Crippen molar-refractivity contribution in [2.45, 2.75) is 13.5 Å². The number of hydrogen-bond donors (Lipinski definition) is 2. The number of benzene rings is 2. The van der Waals surface area contributed by atoms with E-state index in [9.17, 15) is 8.76 Å². The molecule has 6 heteroatoms. The Bertz CT molecular complexity index is 859. The lowest BCUT2D eigenvalue weighted by atomic mass is 10.1. The molecule has 2 N–H and O–H groups in total. The SMILES string of the molecule is Cc1ccccc1N(c1csc(-c2ccc(CO)cc2)c1)S(=O)O. The smallest absolute Gasteiger partial charge is 0.266 e. The molecule has 24 heavy (non-hydrogen) atoms. The molecule has 2 aromatic carbocycles. The number of aliphatic hydroxyl groups is 1. The van der Waals surface area contributed by atoms with Crippen LogP contribution >= 0.6 is 11.3 Å². The fourth-order valence-electron chi connectivity index (χ4n) is 2.46. The predicted octanol–water partition coefficient (Wildman–Crippen LogP) is 4.49. The van der Waals surface area contributed by atoms with Crippen LogP contribution in [0.4, 0.5) is 11.4 Å². The van der Waals surface area contributed by atoms with Crippen LogP contribution in [-0.4, -0.2) is 13.9 Å². The third-order valence-corrected chi connectivity index (χ3v) is 5.42. The first-order valence-corrected chi connectivity index (χ1v) is 9.30. The van der Waals surface area contributed by atoms with E-state index in [-0.39, 0.29) is 6.61 Å². The van der Waals surface area contributed by atoms with E-state index in [1.807, 2.05) is 66.9 Å². The second kappa shape index (κ2) is 7.27. The zero-order chi connectivity index (χ0) is 17.1. The molecule has 0 radical (unpaired) electrons. The number of aliphatic hydroxyl groups excluding tert-OH is 1. The van der Waals surface area contributed by atoms with E-state index >= 15 is 0 Å². The maximum Gasteiger partial charge on any atom is 0.266 e. The minimum absolute atomic E-state index is 0.0144. The van der Waals surface area contributed by atoms with Crippen molar-refractivity contribution in [2.24, 2.45) is 0 Å². The van der Waals surface area contributed by atoms with Gasteiger partial charge in [0.2, 0.25) is 0 Å². The molecular formula is C18H17NO3S2. The van der Waals surface area contributed by atoms with Crippen molar-refractivity contribution in [3.63, 3.8) is 0 Å². The van der Waals surface area contributed by atoms with Gasteiger partial charge in [-0.15, -0.1) is 11.3 Å². The number of thiophene rings is 1. The molecule has 0 aliphatic carbocycles. The van der Waals surface area contributed by atoms with E-state index in [1.54, 1.807) is 0 Å². The summed E-state index contributed by atoms with van der Waals surface area (Å²) in [6.07, 6.45) is 0. The van der Waals surface area contributed by atoms with Crippen molar-refractivity contribution in [2.75, 3.05) is 4.31 Å². The Hall–Kier alpha value is -1.99. The first-order chi connectivity index (χ1) is 11.6. The van der Waals surface area contributed by atoms with Gasteiger partial charge in [0, 0.05) is 10.3 Å². The van der Waals surface area contributed by atoms with Crippen LogP contribution in [0.2, 0.25) is 0 Å². The molecule has 0 saturated heterocycles. The molecule has 3 aromatic rings. The van der Waals surface area contributed by atoms with E-state index < -0.39 is 11.3 Å². The van der Waals surface area contributed by atoms with Crippen molar-refractivity contribution >= 4 is 34.0 Å². The summed E-state index contributed by atoms with van der Waals surface area (Å²) in [4.78, 5) is 0.999. The third kappa shape index (κ3) is 3.42. The molecule has 0 saturated carbocycles. The lowest BCUT2D eigenvalue weighted by Crippen LogP contribution is -2.19. The van der Waals surface area contributed by atoms with Crippen LogP contribution in [-0.2, 0) is 17.9 Å². The van der Waals surface area contributed by atoms with E-state index in [1.165, 1.54) is 15.6 Å². The molecule has 4 nitrogen and oxygen atoms in total. The molecule has 1 atom stereocenters.